The van der Waals surface area contributed by atoms with Crippen LogP contribution in [0.3, 0.4) is 0 Å². The van der Waals surface area contributed by atoms with Crippen LogP contribution < -0.4 is 0 Å². The Hall–Kier alpha value is -3.36. The van der Waals surface area contributed by atoms with Crippen LogP contribution in [0.4, 0.5) is 0 Å². The summed E-state index contributed by atoms with van der Waals surface area (Å²) in [5.74, 6) is 0. The minimum atomic E-state index is -1.28. The van der Waals surface area contributed by atoms with E-state index in [4.69, 9.17) is 18.9 Å². The van der Waals surface area contributed by atoms with Gasteiger partial charge in [-0.2, -0.15) is 0 Å². The Labute approximate surface area is 242 Å². The SMILES string of the molecule is CC1(OCc2ccccc2)C(OCc2ccccc2)C(O)[C@@H](O)C(OCc2ccccc2)C1OCc1ccccc1. The molecular formula is C35H38O6. The third-order valence-electron chi connectivity index (χ3n) is 7.65. The van der Waals surface area contributed by atoms with Gasteiger partial charge in [-0.1, -0.05) is 121 Å². The van der Waals surface area contributed by atoms with Gasteiger partial charge in [0, 0.05) is 0 Å². The van der Waals surface area contributed by atoms with Crippen LogP contribution in [0, 0.1) is 0 Å². The Morgan fingerprint density at radius 2 is 0.854 bits per heavy atom. The number of aliphatic hydroxyl groups is 2. The van der Waals surface area contributed by atoms with Crippen molar-refractivity contribution in [3.05, 3.63) is 144 Å². The molecule has 6 atom stereocenters. The number of hydrogen-bond donors (Lipinski definition) is 2. The van der Waals surface area contributed by atoms with E-state index in [2.05, 4.69) is 0 Å². The van der Waals surface area contributed by atoms with Gasteiger partial charge >= 0.3 is 0 Å². The average molecular weight is 555 g/mol. The molecule has 0 spiro atoms. The molecule has 214 valence electrons. The van der Waals surface area contributed by atoms with Crippen molar-refractivity contribution in [3.63, 3.8) is 0 Å². The molecule has 0 aliphatic heterocycles. The van der Waals surface area contributed by atoms with E-state index in [9.17, 15) is 10.2 Å². The Balaban J connectivity index is 1.47. The molecule has 6 nitrogen and oxygen atoms in total. The van der Waals surface area contributed by atoms with Crippen molar-refractivity contribution >= 4 is 0 Å². The van der Waals surface area contributed by atoms with Gasteiger partial charge in [0.1, 0.15) is 36.1 Å². The summed E-state index contributed by atoms with van der Waals surface area (Å²) in [4.78, 5) is 0. The highest BCUT2D eigenvalue weighted by atomic mass is 16.6. The van der Waals surface area contributed by atoms with Crippen LogP contribution in [0.25, 0.3) is 0 Å². The molecule has 6 heteroatoms. The largest absolute Gasteiger partial charge is 0.387 e. The van der Waals surface area contributed by atoms with Gasteiger partial charge in [0.05, 0.1) is 26.4 Å². The van der Waals surface area contributed by atoms with Gasteiger partial charge < -0.3 is 29.2 Å². The van der Waals surface area contributed by atoms with Crippen molar-refractivity contribution in [2.45, 2.75) is 69.5 Å². The Kier molecular flexibility index (Phi) is 9.96. The summed E-state index contributed by atoms with van der Waals surface area (Å²) in [6.45, 7) is 2.90. The predicted molar refractivity (Wildman–Crippen MR) is 157 cm³/mol. The van der Waals surface area contributed by atoms with Crippen molar-refractivity contribution in [2.75, 3.05) is 0 Å². The minimum Gasteiger partial charge on any atom is -0.387 e. The second-order valence-electron chi connectivity index (χ2n) is 10.6. The molecule has 5 unspecified atom stereocenters. The van der Waals surface area contributed by atoms with E-state index >= 15 is 0 Å². The van der Waals surface area contributed by atoms with Crippen molar-refractivity contribution < 1.29 is 29.2 Å². The van der Waals surface area contributed by atoms with Crippen molar-refractivity contribution in [1.82, 2.24) is 0 Å². The van der Waals surface area contributed by atoms with Gasteiger partial charge in [0.2, 0.25) is 0 Å². The van der Waals surface area contributed by atoms with Gasteiger partial charge in [-0.3, -0.25) is 0 Å². The first-order valence-corrected chi connectivity index (χ1v) is 14.0. The van der Waals surface area contributed by atoms with Crippen LogP contribution in [0.5, 0.6) is 0 Å². The number of rotatable bonds is 12. The zero-order valence-corrected chi connectivity index (χ0v) is 23.3. The van der Waals surface area contributed by atoms with Gasteiger partial charge in [-0.15, -0.1) is 0 Å². The summed E-state index contributed by atoms with van der Waals surface area (Å²) in [5.41, 5.74) is 2.66. The smallest absolute Gasteiger partial charge is 0.123 e. The van der Waals surface area contributed by atoms with Crippen LogP contribution in [-0.2, 0) is 45.4 Å². The van der Waals surface area contributed by atoms with E-state index in [0.29, 0.717) is 0 Å². The number of ether oxygens (including phenoxy) is 4. The minimum absolute atomic E-state index is 0.237. The van der Waals surface area contributed by atoms with Crippen molar-refractivity contribution in [3.8, 4) is 0 Å². The monoisotopic (exact) mass is 554 g/mol. The van der Waals surface area contributed by atoms with Crippen LogP contribution in [0.1, 0.15) is 29.2 Å². The lowest BCUT2D eigenvalue weighted by Crippen LogP contribution is -2.72. The maximum Gasteiger partial charge on any atom is 0.123 e. The van der Waals surface area contributed by atoms with E-state index in [1.54, 1.807) is 0 Å². The quantitative estimate of drug-likeness (QED) is 0.242. The highest BCUT2D eigenvalue weighted by Crippen LogP contribution is 2.40. The first-order chi connectivity index (χ1) is 20.0. The zero-order valence-electron chi connectivity index (χ0n) is 23.3. The Bertz CT molecular complexity index is 1300. The average Bonchev–Trinajstić information content (AvgIpc) is 3.02. The number of aliphatic hydroxyl groups excluding tert-OH is 2. The highest BCUT2D eigenvalue weighted by Gasteiger charge is 2.60. The highest BCUT2D eigenvalue weighted by molar-refractivity contribution is 5.18. The first kappa shape index (κ1) is 29.1. The molecule has 0 bridgehead atoms. The van der Waals surface area contributed by atoms with Gasteiger partial charge in [-0.05, 0) is 29.2 Å². The molecule has 1 aliphatic carbocycles. The summed E-state index contributed by atoms with van der Waals surface area (Å²) in [5, 5.41) is 23.0. The van der Waals surface area contributed by atoms with Crippen LogP contribution in [0.2, 0.25) is 0 Å². The van der Waals surface area contributed by atoms with Crippen LogP contribution >= 0.6 is 0 Å². The summed E-state index contributed by atoms with van der Waals surface area (Å²) >= 11 is 0. The molecule has 0 saturated heterocycles. The normalized spacial score (nSPS) is 26.1. The summed E-state index contributed by atoms with van der Waals surface area (Å²) in [7, 11) is 0. The fourth-order valence-corrected chi connectivity index (χ4v) is 5.35. The molecule has 41 heavy (non-hydrogen) atoms. The van der Waals surface area contributed by atoms with Gasteiger partial charge in [-0.25, -0.2) is 0 Å². The lowest BCUT2D eigenvalue weighted by Gasteiger charge is -2.53. The fourth-order valence-electron chi connectivity index (χ4n) is 5.35. The van der Waals surface area contributed by atoms with E-state index < -0.39 is 36.1 Å². The summed E-state index contributed by atoms with van der Waals surface area (Å²) in [6.07, 6.45) is -5.11. The topological polar surface area (TPSA) is 77.4 Å². The molecule has 1 aliphatic rings. The molecule has 0 heterocycles. The summed E-state index contributed by atoms with van der Waals surface area (Å²) in [6, 6.07) is 39.2. The van der Waals surface area contributed by atoms with Crippen molar-refractivity contribution in [1.29, 1.82) is 0 Å². The molecule has 5 rings (SSSR count). The number of benzene rings is 4. The molecule has 1 saturated carbocycles. The molecule has 0 aromatic heterocycles. The lowest BCUT2D eigenvalue weighted by molar-refractivity contribution is -0.310. The second kappa shape index (κ2) is 14.0. The maximum atomic E-state index is 11.5. The van der Waals surface area contributed by atoms with E-state index in [0.717, 1.165) is 22.3 Å². The Morgan fingerprint density at radius 3 is 1.29 bits per heavy atom. The standard InChI is InChI=1S/C35H38O6/c1-35(41-25-29-20-12-5-13-21-29)33(39-23-27-16-8-3-9-17-27)31(37)30(36)32(38-22-26-14-6-2-7-15-26)34(35)40-24-28-18-10-4-11-19-28/h2-21,30-34,36-37H,22-25H2,1H3/t30-,31?,32?,33?,34?,35?/m1/s1. The van der Waals surface area contributed by atoms with Gasteiger partial charge in [0.25, 0.3) is 0 Å². The van der Waals surface area contributed by atoms with E-state index in [-0.39, 0.29) is 26.4 Å². The van der Waals surface area contributed by atoms with Gasteiger partial charge in [0.15, 0.2) is 0 Å². The molecular weight excluding hydrogens is 516 g/mol. The maximum absolute atomic E-state index is 11.5. The molecule has 2 N–H and O–H groups in total. The third-order valence-corrected chi connectivity index (χ3v) is 7.65. The number of hydrogen-bond acceptors (Lipinski definition) is 6. The molecule has 0 amide bonds. The van der Waals surface area contributed by atoms with Crippen LogP contribution in [0.15, 0.2) is 121 Å². The predicted octanol–water partition coefficient (Wildman–Crippen LogP) is 5.45. The molecule has 4 aromatic carbocycles. The molecule has 0 radical (unpaired) electrons. The third kappa shape index (κ3) is 7.29. The lowest BCUT2D eigenvalue weighted by atomic mass is 9.75. The first-order valence-electron chi connectivity index (χ1n) is 14.0. The Morgan fingerprint density at radius 1 is 0.488 bits per heavy atom. The summed E-state index contributed by atoms with van der Waals surface area (Å²) < 4.78 is 26.0. The fraction of sp³-hybridized carbons (Fsp3) is 0.314. The van der Waals surface area contributed by atoms with Crippen molar-refractivity contribution in [2.24, 2.45) is 0 Å². The molecule has 1 fully saturated rings. The molecule has 4 aromatic rings. The van der Waals surface area contributed by atoms with Crippen LogP contribution in [-0.4, -0.2) is 46.3 Å². The van der Waals surface area contributed by atoms with E-state index in [1.165, 1.54) is 0 Å². The zero-order chi connectivity index (χ0) is 28.5. The van der Waals surface area contributed by atoms with E-state index in [1.807, 2.05) is 128 Å². The second-order valence-corrected chi connectivity index (χ2v) is 10.6.